The summed E-state index contributed by atoms with van der Waals surface area (Å²) in [5.41, 5.74) is 4.80. The van der Waals surface area contributed by atoms with Gasteiger partial charge in [-0.1, -0.05) is 42.5 Å². The zero-order valence-electron chi connectivity index (χ0n) is 12.3. The lowest BCUT2D eigenvalue weighted by molar-refractivity contribution is -0.130. The van der Waals surface area contributed by atoms with E-state index in [1.165, 1.54) is 0 Å². The highest BCUT2D eigenvalue weighted by Crippen LogP contribution is 2.35. The number of hydrogen-bond donors (Lipinski definition) is 3. The molecule has 1 aromatic rings. The maximum atomic E-state index is 12.3. The van der Waals surface area contributed by atoms with E-state index in [-0.39, 0.29) is 11.0 Å². The third-order valence-corrected chi connectivity index (χ3v) is 4.77. The van der Waals surface area contributed by atoms with E-state index in [0.29, 0.717) is 28.6 Å². The van der Waals surface area contributed by atoms with Crippen LogP contribution in [0.1, 0.15) is 32.1 Å². The fourth-order valence-electron chi connectivity index (χ4n) is 2.51. The second kappa shape index (κ2) is 7.82. The van der Waals surface area contributed by atoms with Crippen molar-refractivity contribution in [3.8, 4) is 6.07 Å². The Morgan fingerprint density at radius 1 is 1.17 bits per heavy atom. The summed E-state index contributed by atoms with van der Waals surface area (Å²) in [4.78, 5) is 12.3. The first kappa shape index (κ1) is 17.8. The number of nitrogens with one attached hydrogen (secondary N) is 3. The Balaban J connectivity index is 1.89. The molecular weight excluding hydrogens is 355 g/mol. The highest BCUT2D eigenvalue weighted by atomic mass is 35.5. The lowest BCUT2D eigenvalue weighted by Gasteiger charge is -2.29. The molecule has 3 N–H and O–H groups in total. The number of rotatable bonds is 2. The first-order valence-corrected chi connectivity index (χ1v) is 8.37. The summed E-state index contributed by atoms with van der Waals surface area (Å²) in [6.07, 6.45) is 3.97. The van der Waals surface area contributed by atoms with Crippen molar-refractivity contribution in [2.45, 2.75) is 32.1 Å². The van der Waals surface area contributed by atoms with Crippen molar-refractivity contribution in [1.29, 1.82) is 5.26 Å². The molecule has 5 nitrogen and oxygen atoms in total. The van der Waals surface area contributed by atoms with Crippen LogP contribution >= 0.6 is 35.4 Å². The Hall–Kier alpha value is -1.55. The van der Waals surface area contributed by atoms with Gasteiger partial charge in [-0.15, -0.1) is 0 Å². The van der Waals surface area contributed by atoms with Gasteiger partial charge in [-0.2, -0.15) is 5.26 Å². The van der Waals surface area contributed by atoms with Crippen molar-refractivity contribution in [1.82, 2.24) is 10.9 Å². The van der Waals surface area contributed by atoms with Gasteiger partial charge in [0.2, 0.25) is 0 Å². The summed E-state index contributed by atoms with van der Waals surface area (Å²) in [6, 6.07) is 7.13. The number of nitriles is 1. The number of benzene rings is 1. The third-order valence-electron chi connectivity index (χ3n) is 3.82. The van der Waals surface area contributed by atoms with Gasteiger partial charge in [0.1, 0.15) is 5.41 Å². The Kier molecular flexibility index (Phi) is 6.05. The van der Waals surface area contributed by atoms with Crippen LogP contribution in [0, 0.1) is 16.7 Å². The van der Waals surface area contributed by atoms with Crippen LogP contribution in [0.5, 0.6) is 0 Å². The average Bonchev–Trinajstić information content (AvgIpc) is 2.56. The predicted molar refractivity (Wildman–Crippen MR) is 95.1 cm³/mol. The number of anilines is 1. The highest BCUT2D eigenvalue weighted by Gasteiger charge is 2.39. The molecule has 8 heteroatoms. The van der Waals surface area contributed by atoms with E-state index in [2.05, 4.69) is 22.2 Å². The average molecular weight is 371 g/mol. The van der Waals surface area contributed by atoms with Crippen LogP contribution in [0.3, 0.4) is 0 Å². The normalized spacial score (nSPS) is 16.0. The van der Waals surface area contributed by atoms with Crippen molar-refractivity contribution < 1.29 is 4.79 Å². The van der Waals surface area contributed by atoms with Crippen molar-refractivity contribution in [2.24, 2.45) is 5.41 Å². The summed E-state index contributed by atoms with van der Waals surface area (Å²) >= 11 is 16.9. The molecule has 0 bridgehead atoms. The lowest BCUT2D eigenvalue weighted by Crippen LogP contribution is -2.50. The fraction of sp³-hybridized carbons (Fsp3) is 0.400. The Morgan fingerprint density at radius 3 is 2.48 bits per heavy atom. The zero-order valence-corrected chi connectivity index (χ0v) is 14.6. The van der Waals surface area contributed by atoms with E-state index in [1.807, 2.05) is 0 Å². The van der Waals surface area contributed by atoms with Gasteiger partial charge in [-0.3, -0.25) is 15.6 Å². The van der Waals surface area contributed by atoms with Crippen LogP contribution in [-0.4, -0.2) is 11.0 Å². The van der Waals surface area contributed by atoms with E-state index in [4.69, 9.17) is 35.4 Å². The van der Waals surface area contributed by atoms with Crippen LogP contribution in [-0.2, 0) is 4.79 Å². The van der Waals surface area contributed by atoms with E-state index in [9.17, 15) is 10.1 Å². The largest absolute Gasteiger partial charge is 0.331 e. The number of hydrogen-bond acceptors (Lipinski definition) is 3. The van der Waals surface area contributed by atoms with Gasteiger partial charge < -0.3 is 5.32 Å². The number of hydrazine groups is 1. The molecule has 0 unspecified atom stereocenters. The van der Waals surface area contributed by atoms with Crippen LogP contribution in [0.15, 0.2) is 18.2 Å². The number of halogens is 2. The molecule has 0 aromatic heterocycles. The molecule has 0 atom stereocenters. The maximum absolute atomic E-state index is 12.3. The van der Waals surface area contributed by atoms with Gasteiger partial charge >= 0.3 is 0 Å². The van der Waals surface area contributed by atoms with Gasteiger partial charge in [0.05, 0.1) is 16.1 Å². The van der Waals surface area contributed by atoms with E-state index < -0.39 is 5.41 Å². The van der Waals surface area contributed by atoms with E-state index in [0.717, 1.165) is 19.3 Å². The molecule has 0 aliphatic heterocycles. The van der Waals surface area contributed by atoms with Crippen molar-refractivity contribution in [2.75, 3.05) is 5.32 Å². The minimum atomic E-state index is -0.968. The van der Waals surface area contributed by atoms with Crippen LogP contribution in [0.2, 0.25) is 10.0 Å². The molecule has 1 amide bonds. The first-order valence-electron chi connectivity index (χ1n) is 7.20. The quantitative estimate of drug-likeness (QED) is 0.545. The second-order valence-corrected chi connectivity index (χ2v) is 6.64. The summed E-state index contributed by atoms with van der Waals surface area (Å²) in [7, 11) is 0. The SMILES string of the molecule is N#CC1(C(=O)NNC(=S)Nc2ccc(Cl)c(Cl)c2)CCCCC1. The number of amides is 1. The molecule has 1 fully saturated rings. The van der Waals surface area contributed by atoms with Gasteiger partial charge in [0, 0.05) is 5.69 Å². The monoisotopic (exact) mass is 370 g/mol. The minimum Gasteiger partial charge on any atom is -0.331 e. The molecule has 1 aliphatic rings. The Morgan fingerprint density at radius 2 is 1.87 bits per heavy atom. The number of nitrogens with zero attached hydrogens (tertiary/aromatic N) is 1. The van der Waals surface area contributed by atoms with Crippen molar-refractivity contribution in [3.05, 3.63) is 28.2 Å². The van der Waals surface area contributed by atoms with E-state index >= 15 is 0 Å². The fourth-order valence-corrected chi connectivity index (χ4v) is 2.98. The number of carbonyl (C=O) groups excluding carboxylic acids is 1. The molecule has 0 heterocycles. The van der Waals surface area contributed by atoms with Crippen molar-refractivity contribution >= 4 is 52.1 Å². The predicted octanol–water partition coefficient (Wildman–Crippen LogP) is 3.79. The summed E-state index contributed by atoms with van der Waals surface area (Å²) in [5.74, 6) is -0.349. The first-order chi connectivity index (χ1) is 11.0. The minimum absolute atomic E-state index is 0.195. The van der Waals surface area contributed by atoms with Crippen LogP contribution < -0.4 is 16.2 Å². The Labute approximate surface area is 150 Å². The van der Waals surface area contributed by atoms with Gasteiger partial charge in [0.15, 0.2) is 5.11 Å². The molecule has 0 radical (unpaired) electrons. The maximum Gasteiger partial charge on any atom is 0.258 e. The van der Waals surface area contributed by atoms with Crippen LogP contribution in [0.25, 0.3) is 0 Å². The molecule has 1 saturated carbocycles. The molecule has 0 spiro atoms. The van der Waals surface area contributed by atoms with Gasteiger partial charge in [-0.05, 0) is 43.3 Å². The standard InChI is InChI=1S/C15H16Cl2N4OS/c16-11-5-4-10(8-12(11)17)19-14(23)21-20-13(22)15(9-18)6-2-1-3-7-15/h4-5,8H,1-3,6-7H2,(H,20,22)(H2,19,21,23). The summed E-state index contributed by atoms with van der Waals surface area (Å²) in [6.45, 7) is 0. The zero-order chi connectivity index (χ0) is 16.9. The van der Waals surface area contributed by atoms with Gasteiger partial charge in [0.25, 0.3) is 5.91 Å². The Bertz CT molecular complexity index is 653. The smallest absolute Gasteiger partial charge is 0.258 e. The van der Waals surface area contributed by atoms with Crippen molar-refractivity contribution in [3.63, 3.8) is 0 Å². The molecule has 1 aliphatic carbocycles. The molecule has 2 rings (SSSR count). The molecule has 23 heavy (non-hydrogen) atoms. The molecule has 122 valence electrons. The number of thiocarbonyl (C=S) groups is 1. The molecule has 0 saturated heterocycles. The lowest BCUT2D eigenvalue weighted by atomic mass is 9.75. The molecule has 1 aromatic carbocycles. The second-order valence-electron chi connectivity index (χ2n) is 5.42. The van der Waals surface area contributed by atoms with E-state index in [1.54, 1.807) is 18.2 Å². The van der Waals surface area contributed by atoms with Crippen LogP contribution in [0.4, 0.5) is 5.69 Å². The number of carbonyl (C=O) groups is 1. The third kappa shape index (κ3) is 4.47. The highest BCUT2D eigenvalue weighted by molar-refractivity contribution is 7.80. The summed E-state index contributed by atoms with van der Waals surface area (Å²) < 4.78 is 0. The van der Waals surface area contributed by atoms with Gasteiger partial charge in [-0.25, -0.2) is 0 Å². The topological polar surface area (TPSA) is 77.0 Å². The molecular formula is C15H16Cl2N4OS. The summed E-state index contributed by atoms with van der Waals surface area (Å²) in [5, 5.41) is 13.3.